The van der Waals surface area contributed by atoms with Crippen LogP contribution in [0.15, 0.2) is 47.6 Å². The van der Waals surface area contributed by atoms with E-state index in [1.165, 1.54) is 12.1 Å². The van der Waals surface area contributed by atoms with E-state index in [1.807, 2.05) is 24.1 Å². The molecular weight excluding hydrogens is 506 g/mol. The molecule has 1 aliphatic heterocycles. The highest BCUT2D eigenvalue weighted by Gasteiger charge is 2.31. The van der Waals surface area contributed by atoms with Crippen LogP contribution < -0.4 is 10.2 Å². The first kappa shape index (κ1) is 24.2. The normalized spacial score (nSPS) is 15.0. The number of rotatable bonds is 4. The average molecular weight is 533 g/mol. The Morgan fingerprint density at radius 1 is 1.13 bits per heavy atom. The Balaban J connectivity index is 0.00000320. The van der Waals surface area contributed by atoms with Crippen LogP contribution in [0.1, 0.15) is 16.8 Å². The van der Waals surface area contributed by atoms with E-state index < -0.39 is 11.7 Å². The summed E-state index contributed by atoms with van der Waals surface area (Å²) in [7, 11) is 1.74. The van der Waals surface area contributed by atoms with E-state index in [-0.39, 0.29) is 24.0 Å². The van der Waals surface area contributed by atoms with Crippen LogP contribution in [0.5, 0.6) is 0 Å². The van der Waals surface area contributed by atoms with E-state index in [0.29, 0.717) is 31.9 Å². The standard InChI is InChI=1S/C21H26F3N5.HI/c1-16-6-7-17(15-27-16)8-9-26-20(25-2)29-12-10-28(11-13-29)19-5-3-4-18(14-19)21(22,23)24;/h3-7,14-15H,8-13H2,1-2H3,(H,25,26);1H. The highest BCUT2D eigenvalue weighted by atomic mass is 127. The number of piperazine rings is 1. The number of guanidine groups is 1. The fourth-order valence-corrected chi connectivity index (χ4v) is 3.35. The van der Waals surface area contributed by atoms with Gasteiger partial charge in [0.1, 0.15) is 0 Å². The van der Waals surface area contributed by atoms with Crippen molar-refractivity contribution in [2.24, 2.45) is 4.99 Å². The molecule has 1 aromatic carbocycles. The van der Waals surface area contributed by atoms with Gasteiger partial charge >= 0.3 is 6.18 Å². The van der Waals surface area contributed by atoms with Crippen molar-refractivity contribution in [3.05, 3.63) is 59.4 Å². The maximum Gasteiger partial charge on any atom is 0.416 e. The molecule has 1 saturated heterocycles. The molecule has 0 amide bonds. The van der Waals surface area contributed by atoms with E-state index in [4.69, 9.17) is 0 Å². The fraction of sp³-hybridized carbons (Fsp3) is 0.429. The van der Waals surface area contributed by atoms with Gasteiger partial charge in [0, 0.05) is 57.3 Å². The van der Waals surface area contributed by atoms with Gasteiger partial charge in [-0.15, -0.1) is 24.0 Å². The number of halogens is 4. The number of nitrogens with zero attached hydrogens (tertiary/aromatic N) is 4. The number of hydrogen-bond acceptors (Lipinski definition) is 3. The van der Waals surface area contributed by atoms with Crippen molar-refractivity contribution in [3.63, 3.8) is 0 Å². The third-order valence-corrected chi connectivity index (χ3v) is 5.00. The molecule has 3 rings (SSSR count). The minimum absolute atomic E-state index is 0. The van der Waals surface area contributed by atoms with E-state index >= 15 is 0 Å². The molecule has 5 nitrogen and oxygen atoms in total. The molecule has 0 unspecified atom stereocenters. The topological polar surface area (TPSA) is 43.8 Å². The first-order valence-corrected chi connectivity index (χ1v) is 9.66. The number of aryl methyl sites for hydroxylation is 1. The third-order valence-electron chi connectivity index (χ3n) is 5.00. The summed E-state index contributed by atoms with van der Waals surface area (Å²) in [5, 5.41) is 3.37. The molecule has 0 spiro atoms. The number of pyridine rings is 1. The highest BCUT2D eigenvalue weighted by molar-refractivity contribution is 14.0. The Morgan fingerprint density at radius 2 is 1.87 bits per heavy atom. The number of benzene rings is 1. The summed E-state index contributed by atoms with van der Waals surface area (Å²) in [5.41, 5.74) is 2.15. The molecule has 1 fully saturated rings. The van der Waals surface area contributed by atoms with Gasteiger partial charge in [-0.1, -0.05) is 12.1 Å². The molecule has 164 valence electrons. The van der Waals surface area contributed by atoms with Crippen LogP contribution in [0, 0.1) is 6.92 Å². The van der Waals surface area contributed by atoms with Gasteiger partial charge in [-0.05, 0) is 43.2 Å². The van der Waals surface area contributed by atoms with E-state index in [9.17, 15) is 13.2 Å². The van der Waals surface area contributed by atoms with Crippen LogP contribution in [-0.4, -0.2) is 55.6 Å². The Labute approximate surface area is 192 Å². The molecule has 0 radical (unpaired) electrons. The molecule has 0 bridgehead atoms. The average Bonchev–Trinajstić information content (AvgIpc) is 2.72. The van der Waals surface area contributed by atoms with Crippen LogP contribution in [0.4, 0.5) is 18.9 Å². The van der Waals surface area contributed by atoms with E-state index in [0.717, 1.165) is 36.2 Å². The summed E-state index contributed by atoms with van der Waals surface area (Å²) in [4.78, 5) is 12.8. The molecule has 0 atom stereocenters. The van der Waals surface area contributed by atoms with Crippen LogP contribution in [0.25, 0.3) is 0 Å². The van der Waals surface area contributed by atoms with Gasteiger partial charge in [-0.3, -0.25) is 9.98 Å². The third kappa shape index (κ3) is 6.48. The monoisotopic (exact) mass is 533 g/mol. The summed E-state index contributed by atoms with van der Waals surface area (Å²) in [6.45, 7) is 5.38. The second kappa shape index (κ2) is 10.8. The molecule has 9 heteroatoms. The van der Waals surface area contributed by atoms with Crippen LogP contribution in [0.2, 0.25) is 0 Å². The number of hydrogen-bond donors (Lipinski definition) is 1. The molecule has 0 aliphatic carbocycles. The molecule has 30 heavy (non-hydrogen) atoms. The van der Waals surface area contributed by atoms with Crippen molar-refractivity contribution in [1.82, 2.24) is 15.2 Å². The predicted molar refractivity (Wildman–Crippen MR) is 125 cm³/mol. The summed E-state index contributed by atoms with van der Waals surface area (Å²) in [5.74, 6) is 0.814. The minimum Gasteiger partial charge on any atom is -0.368 e. The molecule has 1 aromatic heterocycles. The van der Waals surface area contributed by atoms with Crippen molar-refractivity contribution in [3.8, 4) is 0 Å². The first-order chi connectivity index (χ1) is 13.9. The maximum absolute atomic E-state index is 13.0. The molecule has 1 aliphatic rings. The van der Waals surface area contributed by atoms with Crippen LogP contribution in [0.3, 0.4) is 0 Å². The largest absolute Gasteiger partial charge is 0.416 e. The zero-order chi connectivity index (χ0) is 20.9. The first-order valence-electron chi connectivity index (χ1n) is 9.66. The van der Waals surface area contributed by atoms with Gasteiger partial charge < -0.3 is 15.1 Å². The summed E-state index contributed by atoms with van der Waals surface area (Å²) in [6, 6.07) is 9.59. The smallest absolute Gasteiger partial charge is 0.368 e. The fourth-order valence-electron chi connectivity index (χ4n) is 3.35. The summed E-state index contributed by atoms with van der Waals surface area (Å²) < 4.78 is 38.9. The molecule has 2 aromatic rings. The molecule has 2 heterocycles. The molecule has 0 saturated carbocycles. The lowest BCUT2D eigenvalue weighted by Gasteiger charge is -2.37. The Morgan fingerprint density at radius 3 is 2.47 bits per heavy atom. The second-order valence-corrected chi connectivity index (χ2v) is 7.05. The van der Waals surface area contributed by atoms with Crippen molar-refractivity contribution < 1.29 is 13.2 Å². The van der Waals surface area contributed by atoms with Gasteiger partial charge in [0.05, 0.1) is 5.56 Å². The zero-order valence-corrected chi connectivity index (χ0v) is 19.4. The lowest BCUT2D eigenvalue weighted by Crippen LogP contribution is -2.52. The Hall–Kier alpha value is -2.04. The molecular formula is C21H27F3IN5. The van der Waals surface area contributed by atoms with E-state index in [1.54, 1.807) is 13.1 Å². The number of alkyl halides is 3. The van der Waals surface area contributed by atoms with Crippen molar-refractivity contribution >= 4 is 35.6 Å². The maximum atomic E-state index is 13.0. The number of anilines is 1. The number of aliphatic imine (C=N–C) groups is 1. The van der Waals surface area contributed by atoms with Crippen LogP contribution >= 0.6 is 24.0 Å². The molecule has 1 N–H and O–H groups in total. The van der Waals surface area contributed by atoms with Gasteiger partial charge in [0.2, 0.25) is 0 Å². The highest BCUT2D eigenvalue weighted by Crippen LogP contribution is 2.31. The lowest BCUT2D eigenvalue weighted by atomic mass is 10.1. The van der Waals surface area contributed by atoms with Crippen molar-refractivity contribution in [1.29, 1.82) is 0 Å². The second-order valence-electron chi connectivity index (χ2n) is 7.05. The summed E-state index contributed by atoms with van der Waals surface area (Å²) in [6.07, 6.45) is -1.60. The van der Waals surface area contributed by atoms with Crippen molar-refractivity contribution in [2.75, 3.05) is 44.7 Å². The van der Waals surface area contributed by atoms with Crippen LogP contribution in [-0.2, 0) is 12.6 Å². The van der Waals surface area contributed by atoms with Gasteiger partial charge in [0.25, 0.3) is 0 Å². The summed E-state index contributed by atoms with van der Waals surface area (Å²) >= 11 is 0. The van der Waals surface area contributed by atoms with Crippen molar-refractivity contribution in [2.45, 2.75) is 19.5 Å². The Kier molecular flexibility index (Phi) is 8.75. The lowest BCUT2D eigenvalue weighted by molar-refractivity contribution is -0.137. The quantitative estimate of drug-likeness (QED) is 0.367. The van der Waals surface area contributed by atoms with Gasteiger partial charge in [-0.2, -0.15) is 13.2 Å². The van der Waals surface area contributed by atoms with Gasteiger partial charge in [-0.25, -0.2) is 0 Å². The van der Waals surface area contributed by atoms with E-state index in [2.05, 4.69) is 26.3 Å². The zero-order valence-electron chi connectivity index (χ0n) is 17.1. The predicted octanol–water partition coefficient (Wildman–Crippen LogP) is 3.97. The number of aromatic nitrogens is 1. The van der Waals surface area contributed by atoms with Gasteiger partial charge in [0.15, 0.2) is 5.96 Å². The SMILES string of the molecule is CN=C(NCCc1ccc(C)nc1)N1CCN(c2cccc(C(F)(F)F)c2)CC1.I. The minimum atomic E-state index is -4.32. The Bertz CT molecular complexity index is 831. The number of nitrogens with one attached hydrogen (secondary N) is 1.